The molecule has 1 fully saturated rings. The van der Waals surface area contributed by atoms with E-state index in [-0.39, 0.29) is 28.4 Å². The smallest absolute Gasteiger partial charge is 0.339 e. The summed E-state index contributed by atoms with van der Waals surface area (Å²) < 4.78 is 37.2. The van der Waals surface area contributed by atoms with Gasteiger partial charge in [0.2, 0.25) is 5.75 Å². The summed E-state index contributed by atoms with van der Waals surface area (Å²) in [5.41, 5.74) is -0.230. The quantitative estimate of drug-likeness (QED) is 0.326. The van der Waals surface area contributed by atoms with Gasteiger partial charge in [-0.1, -0.05) is 0 Å². The van der Waals surface area contributed by atoms with Crippen molar-refractivity contribution in [3.05, 3.63) is 17.2 Å². The summed E-state index contributed by atoms with van der Waals surface area (Å²) in [6.45, 7) is 4.06. The van der Waals surface area contributed by atoms with Crippen molar-refractivity contribution in [2.24, 2.45) is 0 Å². The number of benzene rings is 1. The minimum atomic E-state index is -1.61. The third kappa shape index (κ3) is 5.35. The van der Waals surface area contributed by atoms with Crippen molar-refractivity contribution in [2.75, 3.05) is 13.7 Å². The molecule has 13 heteroatoms. The number of aliphatic hydroxyl groups is 1. The zero-order valence-electron chi connectivity index (χ0n) is 19.5. The number of carbonyl (C=O) groups excluding carboxylic acids is 5. The second-order valence-electron chi connectivity index (χ2n) is 7.72. The van der Waals surface area contributed by atoms with Gasteiger partial charge in [0.05, 0.1) is 12.7 Å². The normalized spacial score (nSPS) is 24.7. The Bertz CT molecular complexity index is 1060. The Kier molecular flexibility index (Phi) is 7.60. The second-order valence-corrected chi connectivity index (χ2v) is 7.72. The Balaban J connectivity index is 2.18. The lowest BCUT2D eigenvalue weighted by Crippen LogP contribution is -2.59. The van der Waals surface area contributed by atoms with Crippen LogP contribution in [0.4, 0.5) is 0 Å². The maximum atomic E-state index is 12.9. The Labute approximate surface area is 199 Å². The first kappa shape index (κ1) is 25.9. The van der Waals surface area contributed by atoms with Gasteiger partial charge in [0, 0.05) is 33.3 Å². The molecule has 0 saturated carbocycles. The minimum absolute atomic E-state index is 0.0395. The number of esters is 5. The van der Waals surface area contributed by atoms with Gasteiger partial charge in [-0.3, -0.25) is 19.2 Å². The summed E-state index contributed by atoms with van der Waals surface area (Å²) in [6, 6.07) is 1.15. The average Bonchev–Trinajstić information content (AvgIpc) is 2.74. The molecule has 2 aliphatic heterocycles. The summed E-state index contributed by atoms with van der Waals surface area (Å²) in [5.74, 6) is -4.65. The molecule has 0 bridgehead atoms. The van der Waals surface area contributed by atoms with E-state index in [1.54, 1.807) is 0 Å². The molecule has 1 aromatic rings. The van der Waals surface area contributed by atoms with Crippen LogP contribution in [0, 0.1) is 0 Å². The van der Waals surface area contributed by atoms with Crippen LogP contribution in [0.15, 0.2) is 6.07 Å². The van der Waals surface area contributed by atoms with Crippen LogP contribution in [0.1, 0.15) is 49.7 Å². The number of fused-ring (bicyclic) bond motifs is 3. The van der Waals surface area contributed by atoms with E-state index in [1.165, 1.54) is 7.11 Å². The highest BCUT2D eigenvalue weighted by atomic mass is 16.6. The molecule has 1 saturated heterocycles. The van der Waals surface area contributed by atoms with E-state index in [1.807, 2.05) is 0 Å². The standard InChI is InChI=1S/C22H24O13/c1-8(23)30-7-14-17(32-10(3)25)16(27)21-20(34-14)15-12(22(28)35-21)6-13(31-9(2)24)18(29-5)19(15)33-11(4)26/h6,14,16-17,20-21,27H,7H2,1-5H3/t14-,16+,17-,20+,21-/m1/s1. The van der Waals surface area contributed by atoms with E-state index in [0.717, 1.165) is 33.8 Å². The maximum Gasteiger partial charge on any atom is 0.339 e. The largest absolute Gasteiger partial charge is 0.490 e. The van der Waals surface area contributed by atoms with Crippen molar-refractivity contribution >= 4 is 29.8 Å². The van der Waals surface area contributed by atoms with Crippen LogP contribution in [0.3, 0.4) is 0 Å². The molecular weight excluding hydrogens is 472 g/mol. The number of hydrogen-bond donors (Lipinski definition) is 1. The van der Waals surface area contributed by atoms with Crippen LogP contribution in [0.25, 0.3) is 0 Å². The first-order valence-electron chi connectivity index (χ1n) is 10.4. The zero-order valence-corrected chi connectivity index (χ0v) is 19.5. The summed E-state index contributed by atoms with van der Waals surface area (Å²) in [5, 5.41) is 11.0. The number of aliphatic hydroxyl groups excluding tert-OH is 1. The molecule has 0 spiro atoms. The number of hydrogen-bond acceptors (Lipinski definition) is 13. The molecule has 35 heavy (non-hydrogen) atoms. The van der Waals surface area contributed by atoms with Crippen LogP contribution in [0.5, 0.6) is 17.2 Å². The summed E-state index contributed by atoms with van der Waals surface area (Å²) in [7, 11) is 1.22. The predicted molar refractivity (Wildman–Crippen MR) is 111 cm³/mol. The van der Waals surface area contributed by atoms with Crippen molar-refractivity contribution in [1.29, 1.82) is 0 Å². The van der Waals surface area contributed by atoms with Gasteiger partial charge in [0.1, 0.15) is 24.9 Å². The van der Waals surface area contributed by atoms with Gasteiger partial charge < -0.3 is 38.3 Å². The van der Waals surface area contributed by atoms with Gasteiger partial charge in [0.15, 0.2) is 23.7 Å². The lowest BCUT2D eigenvalue weighted by Gasteiger charge is -2.45. The van der Waals surface area contributed by atoms with E-state index in [9.17, 15) is 29.1 Å². The van der Waals surface area contributed by atoms with Crippen LogP contribution < -0.4 is 14.2 Å². The monoisotopic (exact) mass is 496 g/mol. The fourth-order valence-corrected chi connectivity index (χ4v) is 3.90. The van der Waals surface area contributed by atoms with Crippen molar-refractivity contribution in [3.63, 3.8) is 0 Å². The molecule has 2 aliphatic rings. The number of rotatable bonds is 6. The third-order valence-electron chi connectivity index (χ3n) is 5.10. The number of methoxy groups -OCH3 is 1. The maximum absolute atomic E-state index is 12.9. The van der Waals surface area contributed by atoms with Crippen molar-refractivity contribution in [2.45, 2.75) is 58.2 Å². The second kappa shape index (κ2) is 10.3. The Morgan fingerprint density at radius 3 is 2.17 bits per heavy atom. The van der Waals surface area contributed by atoms with Crippen molar-refractivity contribution in [1.82, 2.24) is 0 Å². The molecule has 1 aromatic carbocycles. The van der Waals surface area contributed by atoms with E-state index in [4.69, 9.17) is 33.2 Å². The highest BCUT2D eigenvalue weighted by Crippen LogP contribution is 2.51. The van der Waals surface area contributed by atoms with Gasteiger partial charge in [-0.15, -0.1) is 0 Å². The zero-order chi connectivity index (χ0) is 26.0. The lowest BCUT2D eigenvalue weighted by molar-refractivity contribution is -0.245. The molecule has 2 heterocycles. The SMILES string of the molecule is COc1c(OC(C)=O)cc2c(c1OC(C)=O)[C@@H]1O[C@H](COC(C)=O)[C@@H](OC(C)=O)[C@H](O)[C@H]1OC2=O. The Morgan fingerprint density at radius 1 is 0.971 bits per heavy atom. The van der Waals surface area contributed by atoms with Crippen LogP contribution in [-0.2, 0) is 38.1 Å². The number of ether oxygens (including phenoxy) is 7. The van der Waals surface area contributed by atoms with Crippen molar-refractivity contribution < 1.29 is 62.2 Å². The molecule has 0 radical (unpaired) electrons. The molecular formula is C22H24O13. The molecule has 0 unspecified atom stereocenters. The Hall–Kier alpha value is -3.71. The summed E-state index contributed by atoms with van der Waals surface area (Å²) in [6.07, 6.45) is -6.85. The number of carbonyl (C=O) groups is 5. The highest BCUT2D eigenvalue weighted by Gasteiger charge is 2.54. The molecule has 190 valence electrons. The molecule has 1 N–H and O–H groups in total. The predicted octanol–water partition coefficient (Wildman–Crippen LogP) is 0.380. The first-order valence-corrected chi connectivity index (χ1v) is 10.4. The lowest BCUT2D eigenvalue weighted by atomic mass is 9.86. The van der Waals surface area contributed by atoms with E-state index < -0.39 is 67.0 Å². The molecule has 0 aliphatic carbocycles. The minimum Gasteiger partial charge on any atom is -0.490 e. The van der Waals surface area contributed by atoms with Crippen LogP contribution >= 0.6 is 0 Å². The van der Waals surface area contributed by atoms with Gasteiger partial charge in [0.25, 0.3) is 0 Å². The molecule has 13 nitrogen and oxygen atoms in total. The summed E-state index contributed by atoms with van der Waals surface area (Å²) >= 11 is 0. The molecule has 0 amide bonds. The first-order chi connectivity index (χ1) is 16.4. The van der Waals surface area contributed by atoms with Gasteiger partial charge in [-0.2, -0.15) is 0 Å². The Morgan fingerprint density at radius 2 is 1.63 bits per heavy atom. The fraction of sp³-hybridized carbons (Fsp3) is 0.500. The van der Waals surface area contributed by atoms with E-state index >= 15 is 0 Å². The average molecular weight is 496 g/mol. The third-order valence-corrected chi connectivity index (χ3v) is 5.10. The highest BCUT2D eigenvalue weighted by molar-refractivity contribution is 5.96. The molecule has 5 atom stereocenters. The van der Waals surface area contributed by atoms with Crippen LogP contribution in [-0.4, -0.2) is 73.1 Å². The van der Waals surface area contributed by atoms with Gasteiger partial charge in [-0.25, -0.2) is 4.79 Å². The topological polar surface area (TPSA) is 170 Å². The molecule has 3 rings (SSSR count). The van der Waals surface area contributed by atoms with E-state index in [2.05, 4.69) is 0 Å². The van der Waals surface area contributed by atoms with Crippen LogP contribution in [0.2, 0.25) is 0 Å². The van der Waals surface area contributed by atoms with Gasteiger partial charge in [-0.05, 0) is 6.07 Å². The fourth-order valence-electron chi connectivity index (χ4n) is 3.90. The van der Waals surface area contributed by atoms with Gasteiger partial charge >= 0.3 is 29.8 Å². The summed E-state index contributed by atoms with van der Waals surface area (Å²) in [4.78, 5) is 59.4. The van der Waals surface area contributed by atoms with Crippen molar-refractivity contribution in [3.8, 4) is 17.2 Å². The van der Waals surface area contributed by atoms with E-state index in [0.29, 0.717) is 0 Å². The molecule has 0 aromatic heterocycles.